The molecule has 1 unspecified atom stereocenters. The lowest BCUT2D eigenvalue weighted by Crippen LogP contribution is -2.27. The van der Waals surface area contributed by atoms with E-state index in [-0.39, 0.29) is 0 Å². The molecule has 4 nitrogen and oxygen atoms in total. The monoisotopic (exact) mass is 277 g/mol. The maximum atomic E-state index is 5.63. The largest absolute Gasteiger partial charge is 0.468 e. The van der Waals surface area contributed by atoms with Crippen molar-refractivity contribution >= 4 is 0 Å². The van der Waals surface area contributed by atoms with Gasteiger partial charge in [-0.15, -0.1) is 0 Å². The van der Waals surface area contributed by atoms with Gasteiger partial charge in [-0.3, -0.25) is 0 Å². The molecule has 1 saturated heterocycles. The van der Waals surface area contributed by atoms with E-state index in [4.69, 9.17) is 4.42 Å². The highest BCUT2D eigenvalue weighted by atomic mass is 16.3. The molecule has 2 fully saturated rings. The summed E-state index contributed by atoms with van der Waals surface area (Å²) in [5.41, 5.74) is 1.34. The maximum absolute atomic E-state index is 5.63. The van der Waals surface area contributed by atoms with Crippen LogP contribution in [0.2, 0.25) is 0 Å². The number of hydrogen-bond acceptors (Lipinski definition) is 4. The summed E-state index contributed by atoms with van der Waals surface area (Å²) in [6, 6.07) is 2.86. The Bertz CT molecular complexity index is 427. The highest BCUT2D eigenvalue weighted by Crippen LogP contribution is 2.21. The van der Waals surface area contributed by atoms with Crippen LogP contribution in [0.25, 0.3) is 0 Å². The summed E-state index contributed by atoms with van der Waals surface area (Å²) in [5.74, 6) is 1.94. The first-order valence-electron chi connectivity index (χ1n) is 7.86. The number of furan rings is 1. The van der Waals surface area contributed by atoms with Gasteiger partial charge in [0.15, 0.2) is 0 Å². The average molecular weight is 277 g/mol. The molecular weight excluding hydrogens is 250 g/mol. The van der Waals surface area contributed by atoms with E-state index in [0.717, 1.165) is 30.8 Å². The van der Waals surface area contributed by atoms with E-state index in [1.54, 1.807) is 0 Å². The Morgan fingerprint density at radius 1 is 1.40 bits per heavy atom. The van der Waals surface area contributed by atoms with Crippen molar-refractivity contribution in [3.05, 3.63) is 23.7 Å². The number of nitrogens with one attached hydrogen (secondary N) is 1. The van der Waals surface area contributed by atoms with E-state index in [9.17, 15) is 0 Å². The van der Waals surface area contributed by atoms with Crippen molar-refractivity contribution < 1.29 is 4.42 Å². The van der Waals surface area contributed by atoms with Crippen LogP contribution in [0.1, 0.15) is 30.6 Å². The molecule has 0 bridgehead atoms. The van der Waals surface area contributed by atoms with Crippen molar-refractivity contribution in [1.29, 1.82) is 0 Å². The van der Waals surface area contributed by atoms with Crippen LogP contribution in [0.5, 0.6) is 0 Å². The Labute approximate surface area is 122 Å². The van der Waals surface area contributed by atoms with Crippen LogP contribution in [0.4, 0.5) is 0 Å². The van der Waals surface area contributed by atoms with E-state index >= 15 is 0 Å². The molecule has 1 aliphatic heterocycles. The van der Waals surface area contributed by atoms with Crippen molar-refractivity contribution in [1.82, 2.24) is 15.1 Å². The molecule has 1 N–H and O–H groups in total. The van der Waals surface area contributed by atoms with Gasteiger partial charge in [-0.25, -0.2) is 0 Å². The fourth-order valence-corrected chi connectivity index (χ4v) is 3.16. The summed E-state index contributed by atoms with van der Waals surface area (Å²) in [7, 11) is 4.45. The number of likely N-dealkylation sites (tertiary alicyclic amines) is 1. The van der Waals surface area contributed by atoms with Crippen LogP contribution in [0, 0.1) is 5.92 Å². The molecule has 1 aromatic rings. The quantitative estimate of drug-likeness (QED) is 0.825. The van der Waals surface area contributed by atoms with Gasteiger partial charge in [-0.1, -0.05) is 0 Å². The average Bonchev–Trinajstić information content (AvgIpc) is 3.01. The molecule has 112 valence electrons. The predicted octanol–water partition coefficient (Wildman–Crippen LogP) is 1.92. The van der Waals surface area contributed by atoms with Gasteiger partial charge in [-0.05, 0) is 51.9 Å². The summed E-state index contributed by atoms with van der Waals surface area (Å²) in [6.45, 7) is 5.56. The Hall–Kier alpha value is -0.840. The van der Waals surface area contributed by atoms with Crippen molar-refractivity contribution in [2.24, 2.45) is 5.92 Å². The fourth-order valence-electron chi connectivity index (χ4n) is 3.16. The highest BCUT2D eigenvalue weighted by molar-refractivity contribution is 5.17. The van der Waals surface area contributed by atoms with E-state index < -0.39 is 0 Å². The third-order valence-corrected chi connectivity index (χ3v) is 4.47. The van der Waals surface area contributed by atoms with E-state index in [0.29, 0.717) is 0 Å². The second kappa shape index (κ2) is 6.29. The standard InChI is InChI=1S/C16H27N3O/c1-18-7-5-13(10-18)11-19(2)12-14-6-8-20-16(14)9-17-15-3-4-15/h6,8,13,15,17H,3-5,7,9-12H2,1-2H3. The fraction of sp³-hybridized carbons (Fsp3) is 0.750. The van der Waals surface area contributed by atoms with Gasteiger partial charge in [0.1, 0.15) is 5.76 Å². The minimum absolute atomic E-state index is 0.736. The van der Waals surface area contributed by atoms with Crippen LogP contribution in [0.15, 0.2) is 16.7 Å². The Morgan fingerprint density at radius 2 is 2.25 bits per heavy atom. The molecule has 2 heterocycles. The molecule has 0 amide bonds. The lowest BCUT2D eigenvalue weighted by molar-refractivity contribution is 0.265. The molecule has 2 aliphatic rings. The van der Waals surface area contributed by atoms with Crippen LogP contribution >= 0.6 is 0 Å². The van der Waals surface area contributed by atoms with Crippen molar-refractivity contribution in [3.8, 4) is 0 Å². The van der Waals surface area contributed by atoms with Crippen LogP contribution < -0.4 is 5.32 Å². The SMILES string of the molecule is CN1CCC(CN(C)Cc2ccoc2CNC2CC2)C1. The minimum Gasteiger partial charge on any atom is -0.468 e. The molecule has 1 aliphatic carbocycles. The Balaban J connectivity index is 1.47. The summed E-state index contributed by atoms with van der Waals surface area (Å²) in [5, 5.41) is 3.53. The minimum atomic E-state index is 0.736. The van der Waals surface area contributed by atoms with Gasteiger partial charge >= 0.3 is 0 Å². The molecule has 0 aromatic carbocycles. The van der Waals surface area contributed by atoms with Gasteiger partial charge in [-0.2, -0.15) is 0 Å². The third-order valence-electron chi connectivity index (χ3n) is 4.47. The van der Waals surface area contributed by atoms with E-state index in [1.165, 1.54) is 44.5 Å². The van der Waals surface area contributed by atoms with E-state index in [1.807, 2.05) is 6.26 Å². The zero-order chi connectivity index (χ0) is 13.9. The van der Waals surface area contributed by atoms with Crippen molar-refractivity contribution in [3.63, 3.8) is 0 Å². The lowest BCUT2D eigenvalue weighted by Gasteiger charge is -2.20. The van der Waals surface area contributed by atoms with Crippen LogP contribution in [0.3, 0.4) is 0 Å². The second-order valence-electron chi connectivity index (χ2n) is 6.64. The zero-order valence-electron chi connectivity index (χ0n) is 12.8. The van der Waals surface area contributed by atoms with E-state index in [2.05, 4.69) is 35.3 Å². The molecule has 1 atom stereocenters. The van der Waals surface area contributed by atoms with Crippen LogP contribution in [-0.4, -0.2) is 49.6 Å². The van der Waals surface area contributed by atoms with Crippen molar-refractivity contribution in [2.45, 2.75) is 38.4 Å². The third kappa shape index (κ3) is 3.84. The molecule has 20 heavy (non-hydrogen) atoms. The molecule has 1 aromatic heterocycles. The highest BCUT2D eigenvalue weighted by Gasteiger charge is 2.23. The summed E-state index contributed by atoms with van der Waals surface area (Å²) < 4.78 is 5.63. The molecule has 0 spiro atoms. The Kier molecular flexibility index (Phi) is 4.44. The summed E-state index contributed by atoms with van der Waals surface area (Å²) in [6.07, 6.45) is 5.81. The zero-order valence-corrected chi connectivity index (χ0v) is 12.8. The molecule has 1 saturated carbocycles. The van der Waals surface area contributed by atoms with Gasteiger partial charge in [0.2, 0.25) is 0 Å². The molecule has 4 heteroatoms. The van der Waals surface area contributed by atoms with Gasteiger partial charge in [0.05, 0.1) is 12.8 Å². The first-order valence-corrected chi connectivity index (χ1v) is 7.86. The predicted molar refractivity (Wildman–Crippen MR) is 80.5 cm³/mol. The number of rotatable bonds is 7. The van der Waals surface area contributed by atoms with Crippen molar-refractivity contribution in [2.75, 3.05) is 33.7 Å². The smallest absolute Gasteiger partial charge is 0.122 e. The molecule has 3 rings (SSSR count). The molecular formula is C16H27N3O. The number of nitrogens with zero attached hydrogens (tertiary/aromatic N) is 2. The lowest BCUT2D eigenvalue weighted by atomic mass is 10.1. The summed E-state index contributed by atoms with van der Waals surface area (Å²) in [4.78, 5) is 4.87. The first kappa shape index (κ1) is 14.1. The topological polar surface area (TPSA) is 31.6 Å². The maximum Gasteiger partial charge on any atom is 0.122 e. The van der Waals surface area contributed by atoms with Gasteiger partial charge < -0.3 is 19.5 Å². The normalized spacial score (nSPS) is 23.9. The first-order chi connectivity index (χ1) is 9.70. The second-order valence-corrected chi connectivity index (χ2v) is 6.64. The van der Waals surface area contributed by atoms with Gasteiger partial charge in [0, 0.05) is 31.2 Å². The summed E-state index contributed by atoms with van der Waals surface area (Å²) >= 11 is 0. The van der Waals surface area contributed by atoms with Crippen LogP contribution in [-0.2, 0) is 13.1 Å². The van der Waals surface area contributed by atoms with Gasteiger partial charge in [0.25, 0.3) is 0 Å². The Morgan fingerprint density at radius 3 is 2.95 bits per heavy atom. The molecule has 0 radical (unpaired) electrons. The number of hydrogen-bond donors (Lipinski definition) is 1.